The molecule has 1 aromatic rings. The number of ether oxygens (including phenoxy) is 1. The Hall–Kier alpha value is -0.680. The molecule has 0 radical (unpaired) electrons. The molecule has 0 amide bonds. The van der Waals surface area contributed by atoms with E-state index < -0.39 is 0 Å². The Bertz CT molecular complexity index is 413. The molecule has 1 saturated heterocycles. The molecule has 1 aromatic carbocycles. The molecule has 5 heteroatoms. The standard InChI is InChI=1S/C14H20ClFN2O/c1-9-7-18(8-10(2)19-9)13(6-17)14-11(15)4-3-5-12(14)16/h3-5,9-10,13H,6-8,17H2,1-2H3/t9-,10-,13+/m1/s1. The Labute approximate surface area is 118 Å². The zero-order chi connectivity index (χ0) is 14.0. The van der Waals surface area contributed by atoms with Crippen molar-refractivity contribution in [3.05, 3.63) is 34.6 Å². The second kappa shape index (κ2) is 6.18. The summed E-state index contributed by atoms with van der Waals surface area (Å²) in [5.41, 5.74) is 6.35. The molecule has 3 nitrogen and oxygen atoms in total. The van der Waals surface area contributed by atoms with Crippen LogP contribution in [-0.4, -0.2) is 36.7 Å². The van der Waals surface area contributed by atoms with Crippen LogP contribution in [0.3, 0.4) is 0 Å². The zero-order valence-corrected chi connectivity index (χ0v) is 12.0. The SMILES string of the molecule is C[C@@H]1CN([C@@H](CN)c2c(F)cccc2Cl)C[C@@H](C)O1. The average molecular weight is 287 g/mol. The number of hydrogen-bond donors (Lipinski definition) is 1. The highest BCUT2D eigenvalue weighted by Crippen LogP contribution is 2.31. The molecule has 0 aliphatic carbocycles. The van der Waals surface area contributed by atoms with E-state index in [4.69, 9.17) is 22.1 Å². The van der Waals surface area contributed by atoms with Crippen molar-refractivity contribution in [2.45, 2.75) is 32.1 Å². The van der Waals surface area contributed by atoms with Gasteiger partial charge in [0, 0.05) is 30.2 Å². The lowest BCUT2D eigenvalue weighted by molar-refractivity contribution is -0.0802. The summed E-state index contributed by atoms with van der Waals surface area (Å²) in [6.45, 7) is 5.83. The van der Waals surface area contributed by atoms with E-state index in [-0.39, 0.29) is 24.1 Å². The Morgan fingerprint density at radius 2 is 2.05 bits per heavy atom. The Balaban J connectivity index is 2.29. The molecule has 2 N–H and O–H groups in total. The van der Waals surface area contributed by atoms with Crippen molar-refractivity contribution in [3.8, 4) is 0 Å². The van der Waals surface area contributed by atoms with Crippen LogP contribution in [-0.2, 0) is 4.74 Å². The lowest BCUT2D eigenvalue weighted by Gasteiger charge is -2.40. The van der Waals surface area contributed by atoms with Crippen molar-refractivity contribution in [1.29, 1.82) is 0 Å². The van der Waals surface area contributed by atoms with E-state index in [0.717, 1.165) is 13.1 Å². The van der Waals surface area contributed by atoms with Gasteiger partial charge >= 0.3 is 0 Å². The van der Waals surface area contributed by atoms with E-state index in [2.05, 4.69) is 4.90 Å². The van der Waals surface area contributed by atoms with Crippen molar-refractivity contribution in [2.75, 3.05) is 19.6 Å². The monoisotopic (exact) mass is 286 g/mol. The summed E-state index contributed by atoms with van der Waals surface area (Å²) in [4.78, 5) is 2.16. The first-order valence-corrected chi connectivity index (χ1v) is 6.94. The third-order valence-corrected chi connectivity index (χ3v) is 3.77. The van der Waals surface area contributed by atoms with Crippen LogP contribution in [0.1, 0.15) is 25.5 Å². The minimum Gasteiger partial charge on any atom is -0.373 e. The molecule has 1 aliphatic rings. The zero-order valence-electron chi connectivity index (χ0n) is 11.3. The van der Waals surface area contributed by atoms with Gasteiger partial charge in [-0.3, -0.25) is 4.90 Å². The number of rotatable bonds is 3. The quantitative estimate of drug-likeness (QED) is 0.928. The maximum Gasteiger partial charge on any atom is 0.129 e. The number of morpholine rings is 1. The molecule has 1 fully saturated rings. The second-order valence-corrected chi connectivity index (χ2v) is 5.51. The molecule has 0 spiro atoms. The van der Waals surface area contributed by atoms with Gasteiger partial charge in [0.25, 0.3) is 0 Å². The van der Waals surface area contributed by atoms with Crippen LogP contribution in [0.2, 0.25) is 5.02 Å². The van der Waals surface area contributed by atoms with Crippen LogP contribution in [0, 0.1) is 5.82 Å². The second-order valence-electron chi connectivity index (χ2n) is 5.10. The summed E-state index contributed by atoms with van der Waals surface area (Å²) in [5.74, 6) is -0.297. The van der Waals surface area contributed by atoms with Gasteiger partial charge in [0.15, 0.2) is 0 Å². The lowest BCUT2D eigenvalue weighted by atomic mass is 10.0. The summed E-state index contributed by atoms with van der Waals surface area (Å²) >= 11 is 6.14. The summed E-state index contributed by atoms with van der Waals surface area (Å²) in [7, 11) is 0. The van der Waals surface area contributed by atoms with Crippen LogP contribution in [0.5, 0.6) is 0 Å². The van der Waals surface area contributed by atoms with Gasteiger partial charge in [0.2, 0.25) is 0 Å². The van der Waals surface area contributed by atoms with Gasteiger partial charge in [0.1, 0.15) is 5.82 Å². The molecule has 2 rings (SSSR count). The van der Waals surface area contributed by atoms with Crippen molar-refractivity contribution in [2.24, 2.45) is 5.73 Å². The summed E-state index contributed by atoms with van der Waals surface area (Å²) in [5, 5.41) is 0.433. The third-order valence-electron chi connectivity index (χ3n) is 3.44. The van der Waals surface area contributed by atoms with E-state index in [9.17, 15) is 4.39 Å². The van der Waals surface area contributed by atoms with Gasteiger partial charge in [-0.25, -0.2) is 4.39 Å². The molecular formula is C14H20ClFN2O. The van der Waals surface area contributed by atoms with Crippen molar-refractivity contribution < 1.29 is 9.13 Å². The predicted octanol–water partition coefficient (Wildman–Crippen LogP) is 2.59. The normalized spacial score (nSPS) is 26.4. The lowest BCUT2D eigenvalue weighted by Crippen LogP contribution is -2.48. The van der Waals surface area contributed by atoms with Gasteiger partial charge in [0.05, 0.1) is 18.2 Å². The smallest absolute Gasteiger partial charge is 0.129 e. The molecule has 3 atom stereocenters. The first-order chi connectivity index (χ1) is 9.02. The van der Waals surface area contributed by atoms with Crippen LogP contribution in [0.25, 0.3) is 0 Å². The number of nitrogens with two attached hydrogens (primary N) is 1. The largest absolute Gasteiger partial charge is 0.373 e. The number of benzene rings is 1. The highest BCUT2D eigenvalue weighted by Gasteiger charge is 2.30. The highest BCUT2D eigenvalue weighted by atomic mass is 35.5. The number of nitrogens with zero attached hydrogens (tertiary/aromatic N) is 1. The molecule has 0 aromatic heterocycles. The van der Waals surface area contributed by atoms with Gasteiger partial charge in [-0.15, -0.1) is 0 Å². The van der Waals surface area contributed by atoms with Gasteiger partial charge < -0.3 is 10.5 Å². The summed E-state index contributed by atoms with van der Waals surface area (Å²) in [6.07, 6.45) is 0.228. The Morgan fingerprint density at radius 1 is 1.42 bits per heavy atom. The van der Waals surface area contributed by atoms with Gasteiger partial charge in [-0.2, -0.15) is 0 Å². The first-order valence-electron chi connectivity index (χ1n) is 6.56. The number of halogens is 2. The minimum absolute atomic E-state index is 0.114. The molecule has 19 heavy (non-hydrogen) atoms. The highest BCUT2D eigenvalue weighted by molar-refractivity contribution is 6.31. The predicted molar refractivity (Wildman–Crippen MR) is 74.8 cm³/mol. The Morgan fingerprint density at radius 3 is 2.58 bits per heavy atom. The molecule has 0 bridgehead atoms. The molecule has 1 heterocycles. The molecular weight excluding hydrogens is 267 g/mol. The van der Waals surface area contributed by atoms with E-state index in [1.807, 2.05) is 13.8 Å². The maximum absolute atomic E-state index is 14.0. The fourth-order valence-corrected chi connectivity index (χ4v) is 3.04. The van der Waals surface area contributed by atoms with Crippen LogP contribution < -0.4 is 5.73 Å². The van der Waals surface area contributed by atoms with Crippen molar-refractivity contribution in [3.63, 3.8) is 0 Å². The topological polar surface area (TPSA) is 38.5 Å². The molecule has 1 aliphatic heterocycles. The molecule has 0 saturated carbocycles. The van der Waals surface area contributed by atoms with Gasteiger partial charge in [-0.05, 0) is 26.0 Å². The van der Waals surface area contributed by atoms with E-state index in [1.165, 1.54) is 6.07 Å². The Kier molecular flexibility index (Phi) is 4.79. The summed E-state index contributed by atoms with van der Waals surface area (Å²) in [6, 6.07) is 4.54. The molecule has 0 unspecified atom stereocenters. The first kappa shape index (κ1) is 14.7. The van der Waals surface area contributed by atoms with E-state index >= 15 is 0 Å². The fourth-order valence-electron chi connectivity index (χ4n) is 2.75. The van der Waals surface area contributed by atoms with Crippen LogP contribution in [0.4, 0.5) is 4.39 Å². The van der Waals surface area contributed by atoms with Gasteiger partial charge in [-0.1, -0.05) is 17.7 Å². The van der Waals surface area contributed by atoms with Crippen molar-refractivity contribution in [1.82, 2.24) is 4.90 Å². The average Bonchev–Trinajstić information content (AvgIpc) is 2.32. The number of hydrogen-bond acceptors (Lipinski definition) is 3. The van der Waals surface area contributed by atoms with Crippen LogP contribution in [0.15, 0.2) is 18.2 Å². The minimum atomic E-state index is -0.297. The summed E-state index contributed by atoms with van der Waals surface area (Å²) < 4.78 is 19.7. The van der Waals surface area contributed by atoms with E-state index in [0.29, 0.717) is 17.1 Å². The van der Waals surface area contributed by atoms with E-state index in [1.54, 1.807) is 12.1 Å². The van der Waals surface area contributed by atoms with Crippen molar-refractivity contribution >= 4 is 11.6 Å². The molecule has 106 valence electrons. The third kappa shape index (κ3) is 3.26. The van der Waals surface area contributed by atoms with Crippen LogP contribution >= 0.6 is 11.6 Å². The fraction of sp³-hybridized carbons (Fsp3) is 0.571. The maximum atomic E-state index is 14.0.